The Morgan fingerprint density at radius 1 is 1.16 bits per heavy atom. The standard InChI is InChI=1S/C35H41NO7/c1-20(22-6-4-21(18-37)5-7-22)36-13-11-23(17-36)32-42-30-15-27-26-9-8-24-14-25(39)10-12-33(24,2)31(26)28(40)16-34(27,3)35(30,43-32)29(41)19-38/h4-7,10-14,17,20,26-28,30-32,37-38,40H,8-9,15-16,18-19H2,1-3H3/t20-,26+,27+,28+,30-,31-,32-,33+,34+,35-/m1/s1. The zero-order valence-electron chi connectivity index (χ0n) is 25.0. The van der Waals surface area contributed by atoms with E-state index in [-0.39, 0.29) is 36.2 Å². The van der Waals surface area contributed by atoms with E-state index in [1.165, 1.54) is 0 Å². The summed E-state index contributed by atoms with van der Waals surface area (Å²) in [6.45, 7) is 5.62. The molecular weight excluding hydrogens is 546 g/mol. The number of carbonyl (C=O) groups is 2. The number of aromatic nitrogens is 1. The topological polar surface area (TPSA) is 118 Å². The number of nitrogens with zero attached hydrogens (tertiary/aromatic N) is 1. The summed E-state index contributed by atoms with van der Waals surface area (Å²) in [5.74, 6) is -0.295. The molecule has 228 valence electrons. The van der Waals surface area contributed by atoms with E-state index >= 15 is 0 Å². The number of Topliss-reactive ketones (excluding diaryl/α,β-unsaturated/α-hetero) is 1. The summed E-state index contributed by atoms with van der Waals surface area (Å²) in [6, 6.07) is 9.81. The van der Waals surface area contributed by atoms with Gasteiger partial charge >= 0.3 is 0 Å². The lowest BCUT2D eigenvalue weighted by molar-refractivity contribution is -0.201. The first-order valence-corrected chi connectivity index (χ1v) is 15.5. The van der Waals surface area contributed by atoms with Crippen LogP contribution in [0.25, 0.3) is 0 Å². The highest BCUT2D eigenvalue weighted by Gasteiger charge is 2.75. The Morgan fingerprint density at radius 2 is 1.93 bits per heavy atom. The molecule has 3 saturated carbocycles. The molecule has 0 radical (unpaired) electrons. The number of hydrogen-bond donors (Lipinski definition) is 3. The Bertz CT molecular complexity index is 1510. The first-order valence-electron chi connectivity index (χ1n) is 15.5. The van der Waals surface area contributed by atoms with Gasteiger partial charge in [0.25, 0.3) is 0 Å². The van der Waals surface area contributed by atoms with Crippen LogP contribution in [-0.2, 0) is 25.7 Å². The summed E-state index contributed by atoms with van der Waals surface area (Å²) in [6.07, 6.45) is 9.83. The zero-order valence-corrected chi connectivity index (χ0v) is 25.0. The Kier molecular flexibility index (Phi) is 6.76. The van der Waals surface area contributed by atoms with Crippen LogP contribution >= 0.6 is 0 Å². The first-order chi connectivity index (χ1) is 20.6. The average Bonchev–Trinajstić information content (AvgIpc) is 3.70. The van der Waals surface area contributed by atoms with Crippen molar-refractivity contribution in [3.63, 3.8) is 0 Å². The van der Waals surface area contributed by atoms with Gasteiger partial charge in [-0.25, -0.2) is 0 Å². The minimum absolute atomic E-state index is 0.000344. The van der Waals surface area contributed by atoms with E-state index in [1.54, 1.807) is 12.2 Å². The predicted octanol–water partition coefficient (Wildman–Crippen LogP) is 4.19. The van der Waals surface area contributed by atoms with Gasteiger partial charge in [-0.3, -0.25) is 9.59 Å². The third kappa shape index (κ3) is 4.00. The normalized spacial score (nSPS) is 40.3. The summed E-state index contributed by atoms with van der Waals surface area (Å²) < 4.78 is 15.4. The maximum atomic E-state index is 13.8. The molecule has 3 N–H and O–H groups in total. The molecule has 8 heteroatoms. The molecule has 5 aliphatic rings. The lowest BCUT2D eigenvalue weighted by Gasteiger charge is -2.59. The lowest BCUT2D eigenvalue weighted by Crippen LogP contribution is -2.63. The van der Waals surface area contributed by atoms with Crippen LogP contribution in [-0.4, -0.2) is 55.9 Å². The van der Waals surface area contributed by atoms with Crippen LogP contribution in [0.3, 0.4) is 0 Å². The molecule has 4 aliphatic carbocycles. The Hall–Kier alpha value is -2.88. The fraction of sp³-hybridized carbons (Fsp3) is 0.543. The number of rotatable bonds is 6. The molecule has 8 nitrogen and oxygen atoms in total. The average molecular weight is 588 g/mol. The molecule has 0 unspecified atom stereocenters. The van der Waals surface area contributed by atoms with Gasteiger partial charge in [-0.05, 0) is 73.8 Å². The van der Waals surface area contributed by atoms with Gasteiger partial charge in [0.05, 0.1) is 24.9 Å². The Morgan fingerprint density at radius 3 is 2.65 bits per heavy atom. The molecule has 0 amide bonds. The number of benzene rings is 1. The summed E-state index contributed by atoms with van der Waals surface area (Å²) >= 11 is 0. The molecule has 1 aromatic carbocycles. The third-order valence-electron chi connectivity index (χ3n) is 11.9. The van der Waals surface area contributed by atoms with E-state index < -0.39 is 47.3 Å². The van der Waals surface area contributed by atoms with Crippen molar-refractivity contribution < 1.29 is 34.4 Å². The summed E-state index contributed by atoms with van der Waals surface area (Å²) in [5, 5.41) is 31.5. The van der Waals surface area contributed by atoms with Crippen LogP contribution < -0.4 is 0 Å². The third-order valence-corrected chi connectivity index (χ3v) is 11.9. The van der Waals surface area contributed by atoms with E-state index in [1.807, 2.05) is 55.7 Å². The van der Waals surface area contributed by atoms with Gasteiger partial charge in [-0.1, -0.05) is 49.8 Å². The van der Waals surface area contributed by atoms with Crippen LogP contribution in [0.2, 0.25) is 0 Å². The predicted molar refractivity (Wildman–Crippen MR) is 158 cm³/mol. The maximum absolute atomic E-state index is 13.8. The summed E-state index contributed by atoms with van der Waals surface area (Å²) in [7, 11) is 0. The minimum Gasteiger partial charge on any atom is -0.393 e. The van der Waals surface area contributed by atoms with Gasteiger partial charge < -0.3 is 29.4 Å². The highest BCUT2D eigenvalue weighted by molar-refractivity contribution is 6.01. The van der Waals surface area contributed by atoms with Crippen LogP contribution in [0.5, 0.6) is 0 Å². The summed E-state index contributed by atoms with van der Waals surface area (Å²) in [4.78, 5) is 26.0. The van der Waals surface area contributed by atoms with Crippen LogP contribution in [0, 0.1) is 28.6 Å². The molecule has 0 bridgehead atoms. The number of hydrogen-bond acceptors (Lipinski definition) is 7. The van der Waals surface area contributed by atoms with Crippen LogP contribution in [0.4, 0.5) is 0 Å². The first kappa shape index (κ1) is 28.9. The van der Waals surface area contributed by atoms with Gasteiger partial charge in [0.2, 0.25) is 0 Å². The monoisotopic (exact) mass is 587 g/mol. The number of ether oxygens (including phenoxy) is 2. The second kappa shape index (κ2) is 10.1. The fourth-order valence-electron chi connectivity index (χ4n) is 9.72. The van der Waals surface area contributed by atoms with Crippen LogP contribution in [0.1, 0.15) is 75.5 Å². The SMILES string of the molecule is C[C@H](c1ccc(CO)cc1)n1ccc([C@@H]2O[C@@H]3C[C@H]4[C@@H]5CCC6=CC(=O)C=C[C@]6(C)[C@H]5[C@@H](O)C[C@]4(C)[C@]3(C(=O)CO)O2)c1. The quantitative estimate of drug-likeness (QED) is 0.464. The van der Waals surface area contributed by atoms with E-state index in [9.17, 15) is 24.9 Å². The van der Waals surface area contributed by atoms with Gasteiger partial charge in [0.1, 0.15) is 6.61 Å². The van der Waals surface area contributed by atoms with E-state index in [0.717, 1.165) is 35.1 Å². The highest BCUT2D eigenvalue weighted by Crippen LogP contribution is 2.70. The molecule has 10 atom stereocenters. The second-order valence-corrected chi connectivity index (χ2v) is 13.8. The van der Waals surface area contributed by atoms with Crippen molar-refractivity contribution in [1.82, 2.24) is 4.57 Å². The molecule has 7 rings (SSSR count). The van der Waals surface area contributed by atoms with Gasteiger partial charge in [-0.15, -0.1) is 0 Å². The maximum Gasteiger partial charge on any atom is 0.193 e. The zero-order chi connectivity index (χ0) is 30.3. The van der Waals surface area contributed by atoms with E-state index in [4.69, 9.17) is 9.47 Å². The van der Waals surface area contributed by atoms with E-state index in [2.05, 4.69) is 18.4 Å². The molecule has 2 aromatic rings. The fourth-order valence-corrected chi connectivity index (χ4v) is 9.72. The summed E-state index contributed by atoms with van der Waals surface area (Å²) in [5.41, 5.74) is 1.32. The number of carbonyl (C=O) groups excluding carboxylic acids is 2. The Labute approximate surface area is 252 Å². The van der Waals surface area contributed by atoms with Crippen molar-refractivity contribution >= 4 is 11.6 Å². The molecule has 1 aliphatic heterocycles. The number of aliphatic hydroxyl groups is 3. The second-order valence-electron chi connectivity index (χ2n) is 13.8. The van der Waals surface area contributed by atoms with Crippen molar-refractivity contribution in [1.29, 1.82) is 0 Å². The molecule has 1 aromatic heterocycles. The van der Waals surface area contributed by atoms with Gasteiger partial charge in [-0.2, -0.15) is 0 Å². The number of ketones is 2. The van der Waals surface area contributed by atoms with Crippen molar-refractivity contribution in [2.45, 2.75) is 83.2 Å². The minimum atomic E-state index is -1.37. The van der Waals surface area contributed by atoms with Crippen LogP contribution in [0.15, 0.2) is 66.5 Å². The molecule has 0 spiro atoms. The number of aliphatic hydroxyl groups excluding tert-OH is 3. The highest BCUT2D eigenvalue weighted by atomic mass is 16.7. The largest absolute Gasteiger partial charge is 0.393 e. The molecular formula is C35H41NO7. The smallest absolute Gasteiger partial charge is 0.193 e. The lowest BCUT2D eigenvalue weighted by atomic mass is 9.46. The Balaban J connectivity index is 1.18. The molecule has 1 saturated heterocycles. The molecule has 4 fully saturated rings. The molecule has 43 heavy (non-hydrogen) atoms. The van der Waals surface area contributed by atoms with Gasteiger partial charge in [0.15, 0.2) is 23.5 Å². The van der Waals surface area contributed by atoms with Crippen molar-refractivity contribution in [2.24, 2.45) is 28.6 Å². The molecule has 2 heterocycles. The van der Waals surface area contributed by atoms with Gasteiger partial charge in [0, 0.05) is 34.7 Å². The van der Waals surface area contributed by atoms with Crippen molar-refractivity contribution in [3.05, 3.63) is 83.2 Å². The van der Waals surface area contributed by atoms with Crippen molar-refractivity contribution in [3.8, 4) is 0 Å². The number of allylic oxidation sites excluding steroid dienone is 4. The van der Waals surface area contributed by atoms with E-state index in [0.29, 0.717) is 12.8 Å². The van der Waals surface area contributed by atoms with Crippen molar-refractivity contribution in [2.75, 3.05) is 6.61 Å². The number of fused-ring (bicyclic) bond motifs is 7.